The first kappa shape index (κ1) is 14.0. The molecule has 0 heterocycles. The van der Waals surface area contributed by atoms with Crippen molar-refractivity contribution in [3.05, 3.63) is 59.2 Å². The number of hydrogen-bond donors (Lipinski definition) is 1. The van der Waals surface area contributed by atoms with Crippen LogP contribution >= 0.6 is 0 Å². The summed E-state index contributed by atoms with van der Waals surface area (Å²) in [7, 11) is 0. The first-order valence-electron chi connectivity index (χ1n) is 6.05. The molecule has 5 heteroatoms. The summed E-state index contributed by atoms with van der Waals surface area (Å²) in [6.45, 7) is 2.37. The Morgan fingerprint density at radius 3 is 2.35 bits per heavy atom. The lowest BCUT2D eigenvalue weighted by Gasteiger charge is -2.07. The van der Waals surface area contributed by atoms with Crippen LogP contribution in [0.2, 0.25) is 0 Å². The average Bonchev–Trinajstić information content (AvgIpc) is 2.43. The second kappa shape index (κ2) is 5.69. The van der Waals surface area contributed by atoms with Crippen LogP contribution in [0.15, 0.2) is 36.4 Å². The molecular formula is C15H13F2NO2. The highest BCUT2D eigenvalue weighted by molar-refractivity contribution is 6.12. The van der Waals surface area contributed by atoms with E-state index >= 15 is 0 Å². The Kier molecular flexibility index (Phi) is 3.98. The molecule has 0 aliphatic heterocycles. The van der Waals surface area contributed by atoms with E-state index in [-0.39, 0.29) is 11.3 Å². The van der Waals surface area contributed by atoms with Crippen LogP contribution in [0.3, 0.4) is 0 Å². The third-order valence-corrected chi connectivity index (χ3v) is 2.76. The second-order valence-electron chi connectivity index (χ2n) is 4.14. The molecule has 20 heavy (non-hydrogen) atoms. The van der Waals surface area contributed by atoms with Crippen molar-refractivity contribution in [1.29, 1.82) is 0 Å². The molecule has 2 rings (SSSR count). The zero-order chi connectivity index (χ0) is 14.7. The maximum Gasteiger partial charge on any atom is 0.195 e. The fourth-order valence-electron chi connectivity index (χ4n) is 1.78. The lowest BCUT2D eigenvalue weighted by atomic mass is 10.0. The van der Waals surface area contributed by atoms with Gasteiger partial charge in [0.25, 0.3) is 0 Å². The van der Waals surface area contributed by atoms with Crippen LogP contribution in [-0.4, -0.2) is 12.4 Å². The molecular weight excluding hydrogens is 264 g/mol. The number of nitrogens with two attached hydrogens (primary N) is 1. The molecule has 0 spiro atoms. The average molecular weight is 277 g/mol. The van der Waals surface area contributed by atoms with Crippen LogP contribution in [0.4, 0.5) is 14.5 Å². The Morgan fingerprint density at radius 1 is 1.15 bits per heavy atom. The van der Waals surface area contributed by atoms with Crippen molar-refractivity contribution in [3.8, 4) is 5.75 Å². The molecule has 0 saturated heterocycles. The van der Waals surface area contributed by atoms with Crippen molar-refractivity contribution in [2.24, 2.45) is 0 Å². The minimum atomic E-state index is -1.10. The number of benzene rings is 2. The van der Waals surface area contributed by atoms with Gasteiger partial charge in [-0.3, -0.25) is 4.79 Å². The van der Waals surface area contributed by atoms with E-state index in [1.807, 2.05) is 6.92 Å². The first-order valence-corrected chi connectivity index (χ1v) is 6.05. The number of halogens is 2. The van der Waals surface area contributed by atoms with Crippen molar-refractivity contribution in [1.82, 2.24) is 0 Å². The van der Waals surface area contributed by atoms with E-state index in [9.17, 15) is 13.6 Å². The van der Waals surface area contributed by atoms with Crippen LogP contribution in [-0.2, 0) is 0 Å². The van der Waals surface area contributed by atoms with Gasteiger partial charge < -0.3 is 10.5 Å². The predicted molar refractivity (Wildman–Crippen MR) is 71.8 cm³/mol. The number of ether oxygens (including phenoxy) is 1. The van der Waals surface area contributed by atoms with Crippen molar-refractivity contribution in [2.45, 2.75) is 6.92 Å². The molecule has 2 N–H and O–H groups in total. The van der Waals surface area contributed by atoms with Gasteiger partial charge in [-0.1, -0.05) is 0 Å². The molecule has 0 aliphatic rings. The highest BCUT2D eigenvalue weighted by Gasteiger charge is 2.16. The number of hydrogen-bond acceptors (Lipinski definition) is 3. The van der Waals surface area contributed by atoms with E-state index in [1.165, 1.54) is 0 Å². The largest absolute Gasteiger partial charge is 0.494 e. The molecule has 0 atom stereocenters. The third kappa shape index (κ3) is 2.77. The lowest BCUT2D eigenvalue weighted by molar-refractivity contribution is 0.103. The van der Waals surface area contributed by atoms with Gasteiger partial charge in [-0.15, -0.1) is 0 Å². The summed E-state index contributed by atoms with van der Waals surface area (Å²) in [5, 5.41) is 0. The van der Waals surface area contributed by atoms with Crippen LogP contribution in [0.25, 0.3) is 0 Å². The third-order valence-electron chi connectivity index (χ3n) is 2.76. The van der Waals surface area contributed by atoms with Crippen molar-refractivity contribution in [3.63, 3.8) is 0 Å². The van der Waals surface area contributed by atoms with Crippen LogP contribution < -0.4 is 10.5 Å². The second-order valence-corrected chi connectivity index (χ2v) is 4.14. The molecule has 2 aromatic rings. The molecule has 104 valence electrons. The molecule has 0 fully saturated rings. The molecule has 0 aromatic heterocycles. The minimum absolute atomic E-state index is 0.0620. The first-order chi connectivity index (χ1) is 9.52. The summed E-state index contributed by atoms with van der Waals surface area (Å²) < 4.78 is 31.4. The van der Waals surface area contributed by atoms with Crippen molar-refractivity contribution < 1.29 is 18.3 Å². The molecule has 3 nitrogen and oxygen atoms in total. The fourth-order valence-corrected chi connectivity index (χ4v) is 1.78. The van der Waals surface area contributed by atoms with Crippen LogP contribution in [0.1, 0.15) is 22.8 Å². The molecule has 0 aliphatic carbocycles. The normalized spacial score (nSPS) is 10.3. The SMILES string of the molecule is CCOc1ccc(C(=O)c2cc(F)c(F)cc2N)cc1. The van der Waals surface area contributed by atoms with Gasteiger partial charge in [0.2, 0.25) is 0 Å². The molecule has 2 aromatic carbocycles. The topological polar surface area (TPSA) is 52.3 Å². The quantitative estimate of drug-likeness (QED) is 0.689. The number of anilines is 1. The Hall–Kier alpha value is -2.43. The number of carbonyl (C=O) groups is 1. The highest BCUT2D eigenvalue weighted by Crippen LogP contribution is 2.21. The lowest BCUT2D eigenvalue weighted by Crippen LogP contribution is -2.07. The van der Waals surface area contributed by atoms with Gasteiger partial charge >= 0.3 is 0 Å². The maximum atomic E-state index is 13.2. The number of rotatable bonds is 4. The Morgan fingerprint density at radius 2 is 1.75 bits per heavy atom. The van der Waals surface area contributed by atoms with Gasteiger partial charge in [0.05, 0.1) is 6.61 Å². The van der Waals surface area contributed by atoms with E-state index in [1.54, 1.807) is 24.3 Å². The van der Waals surface area contributed by atoms with Gasteiger partial charge in [0.15, 0.2) is 17.4 Å². The van der Waals surface area contributed by atoms with E-state index < -0.39 is 17.4 Å². The highest BCUT2D eigenvalue weighted by atomic mass is 19.2. The standard InChI is InChI=1S/C15H13F2NO2/c1-2-20-10-5-3-9(4-6-10)15(19)11-7-12(16)13(17)8-14(11)18/h3-8H,2,18H2,1H3. The number of carbonyl (C=O) groups excluding carboxylic acids is 1. The summed E-state index contributed by atoms with van der Waals surface area (Å²) in [4.78, 5) is 12.2. The maximum absolute atomic E-state index is 13.2. The van der Waals surface area contributed by atoms with E-state index in [0.29, 0.717) is 17.9 Å². The Labute approximate surface area is 115 Å². The van der Waals surface area contributed by atoms with Gasteiger partial charge in [0.1, 0.15) is 5.75 Å². The summed E-state index contributed by atoms with van der Waals surface area (Å²) >= 11 is 0. The molecule has 0 saturated carbocycles. The minimum Gasteiger partial charge on any atom is -0.494 e. The van der Waals surface area contributed by atoms with Gasteiger partial charge in [-0.2, -0.15) is 0 Å². The van der Waals surface area contributed by atoms with E-state index in [0.717, 1.165) is 12.1 Å². The fraction of sp³-hybridized carbons (Fsp3) is 0.133. The predicted octanol–water partition coefficient (Wildman–Crippen LogP) is 3.18. The van der Waals surface area contributed by atoms with Crippen LogP contribution in [0, 0.1) is 11.6 Å². The molecule has 0 bridgehead atoms. The van der Waals surface area contributed by atoms with Crippen molar-refractivity contribution >= 4 is 11.5 Å². The smallest absolute Gasteiger partial charge is 0.195 e. The summed E-state index contributed by atoms with van der Waals surface area (Å²) in [5.74, 6) is -2.02. The molecule has 0 unspecified atom stereocenters. The number of ketones is 1. The zero-order valence-corrected chi connectivity index (χ0v) is 10.8. The molecule has 0 amide bonds. The van der Waals surface area contributed by atoms with Gasteiger partial charge in [-0.25, -0.2) is 8.78 Å². The number of nitrogen functional groups attached to an aromatic ring is 1. The summed E-state index contributed by atoms with van der Waals surface area (Å²) in [6.07, 6.45) is 0. The van der Waals surface area contributed by atoms with Crippen LogP contribution in [0.5, 0.6) is 5.75 Å². The summed E-state index contributed by atoms with van der Waals surface area (Å²) in [6, 6.07) is 7.97. The monoisotopic (exact) mass is 277 g/mol. The zero-order valence-electron chi connectivity index (χ0n) is 10.8. The van der Waals surface area contributed by atoms with Gasteiger partial charge in [-0.05, 0) is 37.3 Å². The van der Waals surface area contributed by atoms with Gasteiger partial charge in [0, 0.05) is 22.9 Å². The van der Waals surface area contributed by atoms with E-state index in [2.05, 4.69) is 0 Å². The summed E-state index contributed by atoms with van der Waals surface area (Å²) in [5.41, 5.74) is 5.72. The van der Waals surface area contributed by atoms with E-state index in [4.69, 9.17) is 10.5 Å². The Bertz CT molecular complexity index is 639. The van der Waals surface area contributed by atoms with Crippen molar-refractivity contribution in [2.75, 3.05) is 12.3 Å². The molecule has 0 radical (unpaired) electrons. The Balaban J connectivity index is 2.33.